The van der Waals surface area contributed by atoms with Crippen molar-refractivity contribution >= 4 is 0 Å². The van der Waals surface area contributed by atoms with Crippen LogP contribution in [0.15, 0.2) is 12.0 Å². The lowest BCUT2D eigenvalue weighted by Gasteiger charge is -2.03. The predicted molar refractivity (Wildman–Crippen MR) is 89.8 cm³/mol. The first-order valence-electron chi connectivity index (χ1n) is 8.91. The summed E-state index contributed by atoms with van der Waals surface area (Å²) >= 11 is 0. The molecule has 2 nitrogen and oxygen atoms in total. The molecule has 0 saturated carbocycles. The van der Waals surface area contributed by atoms with Gasteiger partial charge in [-0.05, 0) is 6.42 Å². The average molecular weight is 283 g/mol. The van der Waals surface area contributed by atoms with Crippen LogP contribution in [0, 0.1) is 0 Å². The molecule has 0 fully saturated rings. The lowest BCUT2D eigenvalue weighted by Crippen LogP contribution is -1.88. The number of hydrogen-bond acceptors (Lipinski definition) is 2. The van der Waals surface area contributed by atoms with E-state index in [9.17, 15) is 5.11 Å². The van der Waals surface area contributed by atoms with E-state index in [1.165, 1.54) is 89.7 Å². The summed E-state index contributed by atoms with van der Waals surface area (Å²) in [6, 6.07) is 0. The molecule has 0 aliphatic heterocycles. The summed E-state index contributed by atoms with van der Waals surface area (Å²) in [5.74, 6) is 0.337. The summed E-state index contributed by atoms with van der Waals surface area (Å²) in [5.41, 5.74) is 5.21. The van der Waals surface area contributed by atoms with Gasteiger partial charge in [0.25, 0.3) is 0 Å². The third kappa shape index (κ3) is 15.4. The third-order valence-corrected chi connectivity index (χ3v) is 3.98. The molecule has 0 aromatic carbocycles. The van der Waals surface area contributed by atoms with E-state index in [0.29, 0.717) is 5.76 Å². The first-order valence-corrected chi connectivity index (χ1v) is 8.91. The van der Waals surface area contributed by atoms with Gasteiger partial charge < -0.3 is 10.8 Å². The van der Waals surface area contributed by atoms with Crippen molar-refractivity contribution in [1.29, 1.82) is 0 Å². The Morgan fingerprint density at radius 1 is 0.700 bits per heavy atom. The topological polar surface area (TPSA) is 46.2 Å². The molecule has 0 aliphatic rings. The van der Waals surface area contributed by atoms with Gasteiger partial charge in [0.1, 0.15) is 5.76 Å². The van der Waals surface area contributed by atoms with E-state index in [1.54, 1.807) is 0 Å². The monoisotopic (exact) mass is 283 g/mol. The van der Waals surface area contributed by atoms with Crippen LogP contribution in [-0.2, 0) is 0 Å². The van der Waals surface area contributed by atoms with Crippen LogP contribution in [0.1, 0.15) is 103 Å². The molecular weight excluding hydrogens is 246 g/mol. The van der Waals surface area contributed by atoms with Gasteiger partial charge in [0.2, 0.25) is 0 Å². The summed E-state index contributed by atoms with van der Waals surface area (Å²) in [6.07, 6.45) is 21.2. The highest BCUT2D eigenvalue weighted by Gasteiger charge is 1.95. The van der Waals surface area contributed by atoms with Gasteiger partial charge in [-0.15, -0.1) is 0 Å². The zero-order valence-electron chi connectivity index (χ0n) is 13.7. The van der Waals surface area contributed by atoms with Gasteiger partial charge in [-0.3, -0.25) is 0 Å². The molecule has 20 heavy (non-hydrogen) atoms. The molecule has 0 spiro atoms. The molecule has 0 aliphatic carbocycles. The fourth-order valence-corrected chi connectivity index (χ4v) is 2.58. The lowest BCUT2D eigenvalue weighted by molar-refractivity contribution is 0.378. The first-order chi connectivity index (χ1) is 9.81. The Labute approximate surface area is 126 Å². The van der Waals surface area contributed by atoms with Gasteiger partial charge in [-0.25, -0.2) is 0 Å². The molecule has 0 heterocycles. The van der Waals surface area contributed by atoms with Crippen molar-refractivity contribution < 1.29 is 5.11 Å². The highest BCUT2D eigenvalue weighted by Crippen LogP contribution is 2.13. The second-order valence-electron chi connectivity index (χ2n) is 6.00. The molecular formula is C18H37NO. The van der Waals surface area contributed by atoms with Crippen LogP contribution in [-0.4, -0.2) is 5.11 Å². The Morgan fingerprint density at radius 2 is 1.05 bits per heavy atom. The fourth-order valence-electron chi connectivity index (χ4n) is 2.58. The quantitative estimate of drug-likeness (QED) is 0.277. The molecule has 0 bridgehead atoms. The maximum atomic E-state index is 9.19. The maximum Gasteiger partial charge on any atom is 0.108 e. The molecule has 3 N–H and O–H groups in total. The molecule has 0 saturated heterocycles. The van der Waals surface area contributed by atoms with Crippen LogP contribution in [0.2, 0.25) is 0 Å². The van der Waals surface area contributed by atoms with Crippen molar-refractivity contribution in [2.75, 3.05) is 0 Å². The second-order valence-corrected chi connectivity index (χ2v) is 6.00. The highest BCUT2D eigenvalue weighted by atomic mass is 16.3. The maximum absolute atomic E-state index is 9.19. The van der Waals surface area contributed by atoms with Gasteiger partial charge in [0, 0.05) is 12.6 Å². The molecule has 0 amide bonds. The van der Waals surface area contributed by atoms with E-state index in [0.717, 1.165) is 12.8 Å². The van der Waals surface area contributed by atoms with Gasteiger partial charge in [-0.2, -0.15) is 0 Å². The Balaban J connectivity index is 2.99. The summed E-state index contributed by atoms with van der Waals surface area (Å²) in [5, 5.41) is 9.19. The van der Waals surface area contributed by atoms with Crippen LogP contribution in [0.5, 0.6) is 0 Å². The Morgan fingerprint density at radius 3 is 1.40 bits per heavy atom. The molecule has 0 radical (unpaired) electrons. The number of nitrogens with two attached hydrogens (primary N) is 1. The summed E-state index contributed by atoms with van der Waals surface area (Å²) < 4.78 is 0. The molecule has 0 atom stereocenters. The number of aliphatic hydroxyl groups is 1. The minimum atomic E-state index is 0.337. The van der Waals surface area contributed by atoms with Crippen molar-refractivity contribution in [2.24, 2.45) is 5.73 Å². The van der Waals surface area contributed by atoms with Crippen LogP contribution in [0.25, 0.3) is 0 Å². The summed E-state index contributed by atoms with van der Waals surface area (Å²) in [4.78, 5) is 0. The van der Waals surface area contributed by atoms with Crippen molar-refractivity contribution in [3.05, 3.63) is 12.0 Å². The first kappa shape index (κ1) is 19.3. The van der Waals surface area contributed by atoms with E-state index in [2.05, 4.69) is 6.92 Å². The number of hydrogen-bond donors (Lipinski definition) is 2. The van der Waals surface area contributed by atoms with Crippen LogP contribution >= 0.6 is 0 Å². The van der Waals surface area contributed by atoms with Crippen LogP contribution in [0.3, 0.4) is 0 Å². The molecule has 0 aromatic heterocycles. The average Bonchev–Trinajstić information content (AvgIpc) is 2.47. The zero-order valence-corrected chi connectivity index (χ0v) is 13.7. The summed E-state index contributed by atoms with van der Waals surface area (Å²) in [7, 11) is 0. The fraction of sp³-hybridized carbons (Fsp3) is 0.889. The van der Waals surface area contributed by atoms with Crippen molar-refractivity contribution in [2.45, 2.75) is 103 Å². The normalized spacial score (nSPS) is 11.9. The SMILES string of the molecule is CCCCCCCCCCCCCCCC/C(O)=C/N. The molecule has 0 unspecified atom stereocenters. The smallest absolute Gasteiger partial charge is 0.108 e. The van der Waals surface area contributed by atoms with Crippen molar-refractivity contribution in [3.63, 3.8) is 0 Å². The van der Waals surface area contributed by atoms with E-state index in [1.807, 2.05) is 0 Å². The summed E-state index contributed by atoms with van der Waals surface area (Å²) in [6.45, 7) is 2.28. The Bertz CT molecular complexity index is 213. The van der Waals surface area contributed by atoms with Gasteiger partial charge in [0.05, 0.1) is 0 Å². The Kier molecular flexibility index (Phi) is 15.9. The second kappa shape index (κ2) is 16.4. The Hall–Kier alpha value is -0.660. The third-order valence-electron chi connectivity index (χ3n) is 3.98. The standard InChI is InChI=1S/C18H37NO/c1-2-3-4-5-6-7-8-9-10-11-12-13-14-15-16-18(20)17-19/h17,20H,2-16,19H2,1H3/b18-17-. The molecule has 0 rings (SSSR count). The minimum Gasteiger partial charge on any atom is -0.511 e. The predicted octanol–water partition coefficient (Wildman–Crippen LogP) is 6.22. The lowest BCUT2D eigenvalue weighted by atomic mass is 10.0. The highest BCUT2D eigenvalue weighted by molar-refractivity contribution is 4.85. The van der Waals surface area contributed by atoms with E-state index < -0.39 is 0 Å². The number of unbranched alkanes of at least 4 members (excludes halogenated alkanes) is 13. The molecule has 0 aromatic rings. The van der Waals surface area contributed by atoms with Crippen molar-refractivity contribution in [3.8, 4) is 0 Å². The molecule has 120 valence electrons. The van der Waals surface area contributed by atoms with E-state index >= 15 is 0 Å². The van der Waals surface area contributed by atoms with Crippen LogP contribution in [0.4, 0.5) is 0 Å². The van der Waals surface area contributed by atoms with E-state index in [4.69, 9.17) is 5.73 Å². The van der Waals surface area contributed by atoms with Crippen LogP contribution < -0.4 is 5.73 Å². The zero-order chi connectivity index (χ0) is 14.9. The van der Waals surface area contributed by atoms with Crippen molar-refractivity contribution in [1.82, 2.24) is 0 Å². The van der Waals surface area contributed by atoms with Gasteiger partial charge in [0.15, 0.2) is 0 Å². The van der Waals surface area contributed by atoms with Gasteiger partial charge in [-0.1, -0.05) is 90.4 Å². The van der Waals surface area contributed by atoms with E-state index in [-0.39, 0.29) is 0 Å². The van der Waals surface area contributed by atoms with Gasteiger partial charge >= 0.3 is 0 Å². The molecule has 2 heteroatoms. The minimum absolute atomic E-state index is 0.337. The number of aliphatic hydroxyl groups excluding tert-OH is 1. The number of rotatable bonds is 15. The number of allylic oxidation sites excluding steroid dienone is 1. The largest absolute Gasteiger partial charge is 0.511 e.